The van der Waals surface area contributed by atoms with Crippen LogP contribution < -0.4 is 5.73 Å². The van der Waals surface area contributed by atoms with E-state index in [0.29, 0.717) is 0 Å². The van der Waals surface area contributed by atoms with Gasteiger partial charge in [0.2, 0.25) is 0 Å². The molecule has 7 nitrogen and oxygen atoms in total. The maximum Gasteiger partial charge on any atom is 0.360 e. The van der Waals surface area contributed by atoms with Crippen molar-refractivity contribution in [2.45, 2.75) is 19.9 Å². The van der Waals surface area contributed by atoms with Crippen molar-refractivity contribution in [3.8, 4) is 0 Å². The van der Waals surface area contributed by atoms with Crippen molar-refractivity contribution in [3.63, 3.8) is 0 Å². The highest BCUT2D eigenvalue weighted by atomic mass is 32.2. The van der Waals surface area contributed by atoms with Crippen LogP contribution in [-0.4, -0.2) is 42.6 Å². The van der Waals surface area contributed by atoms with E-state index >= 15 is 0 Å². The SMILES string of the molecule is CCOC(=O)c1ncn(C(C)CS(C)(=O)=O)c1N. The minimum absolute atomic E-state index is 0.0113. The number of nitrogen functional groups attached to an aromatic ring is 1. The third kappa shape index (κ3) is 3.46. The zero-order chi connectivity index (χ0) is 13.9. The highest BCUT2D eigenvalue weighted by Gasteiger charge is 2.21. The molecule has 18 heavy (non-hydrogen) atoms. The quantitative estimate of drug-likeness (QED) is 0.772. The molecule has 0 saturated heterocycles. The first-order valence-corrected chi connectivity index (χ1v) is 7.49. The van der Waals surface area contributed by atoms with Gasteiger partial charge in [-0.1, -0.05) is 0 Å². The molecule has 8 heteroatoms. The molecule has 1 unspecified atom stereocenters. The molecular weight excluding hydrogens is 258 g/mol. The normalized spacial score (nSPS) is 13.3. The second-order valence-corrected chi connectivity index (χ2v) is 6.23. The van der Waals surface area contributed by atoms with Gasteiger partial charge in [0, 0.05) is 12.3 Å². The fourth-order valence-corrected chi connectivity index (χ4v) is 2.63. The second kappa shape index (κ2) is 5.38. The summed E-state index contributed by atoms with van der Waals surface area (Å²) in [4.78, 5) is 15.3. The summed E-state index contributed by atoms with van der Waals surface area (Å²) < 4.78 is 28.6. The number of hydrogen-bond acceptors (Lipinski definition) is 6. The van der Waals surface area contributed by atoms with Crippen LogP contribution in [-0.2, 0) is 14.6 Å². The summed E-state index contributed by atoms with van der Waals surface area (Å²) in [5, 5.41) is 0. The number of carbonyl (C=O) groups is 1. The van der Waals surface area contributed by atoms with Gasteiger partial charge >= 0.3 is 5.97 Å². The van der Waals surface area contributed by atoms with E-state index in [9.17, 15) is 13.2 Å². The Balaban J connectivity index is 2.96. The lowest BCUT2D eigenvalue weighted by Crippen LogP contribution is -2.18. The van der Waals surface area contributed by atoms with Crippen LogP contribution in [0.2, 0.25) is 0 Å². The minimum atomic E-state index is -3.13. The molecule has 0 aliphatic carbocycles. The van der Waals surface area contributed by atoms with Gasteiger partial charge in [-0.3, -0.25) is 0 Å². The summed E-state index contributed by atoms with van der Waals surface area (Å²) in [5.41, 5.74) is 5.77. The monoisotopic (exact) mass is 275 g/mol. The Morgan fingerprint density at radius 3 is 2.72 bits per heavy atom. The highest BCUT2D eigenvalue weighted by Crippen LogP contribution is 2.18. The number of ether oxygens (including phenoxy) is 1. The first kappa shape index (κ1) is 14.5. The second-order valence-electron chi connectivity index (χ2n) is 4.05. The summed E-state index contributed by atoms with van der Waals surface area (Å²) in [5.74, 6) is -0.569. The molecule has 1 heterocycles. The van der Waals surface area contributed by atoms with Crippen LogP contribution in [0.5, 0.6) is 0 Å². The summed E-state index contributed by atoms with van der Waals surface area (Å²) in [6.07, 6.45) is 2.49. The molecule has 0 radical (unpaired) electrons. The van der Waals surface area contributed by atoms with Crippen molar-refractivity contribution in [1.82, 2.24) is 9.55 Å². The van der Waals surface area contributed by atoms with Crippen LogP contribution in [0.25, 0.3) is 0 Å². The van der Waals surface area contributed by atoms with Gasteiger partial charge in [0.25, 0.3) is 0 Å². The standard InChI is InChI=1S/C10H17N3O4S/c1-4-17-10(14)8-9(11)13(6-12-8)7(2)5-18(3,15)16/h6-7H,4-5,11H2,1-3H3. The van der Waals surface area contributed by atoms with Crippen LogP contribution in [0.4, 0.5) is 5.82 Å². The molecular formula is C10H17N3O4S. The molecule has 0 amide bonds. The lowest BCUT2D eigenvalue weighted by atomic mass is 10.3. The fraction of sp³-hybridized carbons (Fsp3) is 0.600. The van der Waals surface area contributed by atoms with Crippen LogP contribution in [0.3, 0.4) is 0 Å². The minimum Gasteiger partial charge on any atom is -0.461 e. The maximum absolute atomic E-state index is 11.5. The molecule has 0 bridgehead atoms. The van der Waals surface area contributed by atoms with E-state index in [2.05, 4.69) is 4.98 Å². The van der Waals surface area contributed by atoms with E-state index in [1.807, 2.05) is 0 Å². The lowest BCUT2D eigenvalue weighted by Gasteiger charge is -2.13. The third-order valence-corrected chi connectivity index (χ3v) is 3.41. The van der Waals surface area contributed by atoms with Gasteiger partial charge in [-0.25, -0.2) is 18.2 Å². The Hall–Kier alpha value is -1.57. The van der Waals surface area contributed by atoms with Gasteiger partial charge in [0.05, 0.1) is 18.7 Å². The molecule has 0 fully saturated rings. The largest absolute Gasteiger partial charge is 0.461 e. The van der Waals surface area contributed by atoms with Gasteiger partial charge in [-0.05, 0) is 13.8 Å². The average Bonchev–Trinajstić information content (AvgIpc) is 2.57. The molecule has 0 aliphatic heterocycles. The molecule has 1 aromatic rings. The summed E-state index contributed by atoms with van der Waals surface area (Å²) in [7, 11) is -3.13. The van der Waals surface area contributed by atoms with Crippen LogP contribution >= 0.6 is 0 Å². The Labute approximate surface area is 106 Å². The van der Waals surface area contributed by atoms with Gasteiger partial charge in [-0.2, -0.15) is 0 Å². The first-order valence-electron chi connectivity index (χ1n) is 5.43. The highest BCUT2D eigenvalue weighted by molar-refractivity contribution is 7.90. The number of hydrogen-bond donors (Lipinski definition) is 1. The molecule has 0 saturated carbocycles. The zero-order valence-corrected chi connectivity index (χ0v) is 11.4. The number of carbonyl (C=O) groups excluding carboxylic acids is 1. The Morgan fingerprint density at radius 2 is 2.22 bits per heavy atom. The van der Waals surface area contributed by atoms with Crippen molar-refractivity contribution < 1.29 is 17.9 Å². The summed E-state index contributed by atoms with van der Waals surface area (Å²) >= 11 is 0. The molecule has 1 rings (SSSR count). The molecule has 0 spiro atoms. The fourth-order valence-electron chi connectivity index (χ4n) is 1.60. The predicted octanol–water partition coefficient (Wildman–Crippen LogP) is 0.248. The molecule has 1 aromatic heterocycles. The van der Waals surface area contributed by atoms with E-state index in [0.717, 1.165) is 6.26 Å². The molecule has 0 aromatic carbocycles. The van der Waals surface area contributed by atoms with Gasteiger partial charge in [0.15, 0.2) is 5.69 Å². The van der Waals surface area contributed by atoms with E-state index in [1.54, 1.807) is 13.8 Å². The zero-order valence-electron chi connectivity index (χ0n) is 10.6. The lowest BCUT2D eigenvalue weighted by molar-refractivity contribution is 0.0521. The average molecular weight is 275 g/mol. The van der Waals surface area contributed by atoms with Crippen LogP contribution in [0.1, 0.15) is 30.4 Å². The van der Waals surface area contributed by atoms with E-state index in [1.165, 1.54) is 10.9 Å². The van der Waals surface area contributed by atoms with Crippen molar-refractivity contribution in [1.29, 1.82) is 0 Å². The van der Waals surface area contributed by atoms with Gasteiger partial charge in [-0.15, -0.1) is 0 Å². The van der Waals surface area contributed by atoms with E-state index in [-0.39, 0.29) is 23.9 Å². The first-order chi connectivity index (χ1) is 8.26. The Morgan fingerprint density at radius 1 is 1.61 bits per heavy atom. The topological polar surface area (TPSA) is 104 Å². The molecule has 102 valence electrons. The number of rotatable bonds is 5. The summed E-state index contributed by atoms with van der Waals surface area (Å²) in [6.45, 7) is 3.59. The van der Waals surface area contributed by atoms with E-state index in [4.69, 9.17) is 10.5 Å². The number of nitrogens with zero attached hydrogens (tertiary/aromatic N) is 2. The number of nitrogens with two attached hydrogens (primary N) is 1. The summed E-state index contributed by atoms with van der Waals surface area (Å²) in [6, 6.07) is -0.393. The van der Waals surface area contributed by atoms with Crippen molar-refractivity contribution in [3.05, 3.63) is 12.0 Å². The smallest absolute Gasteiger partial charge is 0.360 e. The predicted molar refractivity (Wildman–Crippen MR) is 67.0 cm³/mol. The van der Waals surface area contributed by atoms with Crippen molar-refractivity contribution in [2.75, 3.05) is 24.3 Å². The Kier molecular flexibility index (Phi) is 4.33. The van der Waals surface area contributed by atoms with Crippen LogP contribution in [0, 0.1) is 0 Å². The third-order valence-electron chi connectivity index (χ3n) is 2.32. The number of aromatic nitrogens is 2. The molecule has 1 atom stereocenters. The Bertz CT molecular complexity index is 535. The number of esters is 1. The van der Waals surface area contributed by atoms with Gasteiger partial charge < -0.3 is 15.0 Å². The maximum atomic E-state index is 11.5. The number of anilines is 1. The van der Waals surface area contributed by atoms with Crippen molar-refractivity contribution >= 4 is 21.6 Å². The number of imidazole rings is 1. The van der Waals surface area contributed by atoms with E-state index < -0.39 is 21.8 Å². The van der Waals surface area contributed by atoms with Crippen LogP contribution in [0.15, 0.2) is 6.33 Å². The molecule has 0 aliphatic rings. The van der Waals surface area contributed by atoms with Crippen molar-refractivity contribution in [2.24, 2.45) is 0 Å². The molecule has 2 N–H and O–H groups in total. The van der Waals surface area contributed by atoms with Gasteiger partial charge in [0.1, 0.15) is 15.7 Å². The number of sulfone groups is 1.